The maximum absolute atomic E-state index is 13.2. The number of ketones is 1. The normalized spacial score (nSPS) is 31.3. The smallest absolute Gasteiger partial charge is 0.238 e. The fourth-order valence-corrected chi connectivity index (χ4v) is 5.91. The molecule has 0 radical (unpaired) electrons. The van der Waals surface area contributed by atoms with E-state index in [1.165, 1.54) is 4.90 Å². The van der Waals surface area contributed by atoms with Gasteiger partial charge in [0.05, 0.1) is 24.6 Å². The van der Waals surface area contributed by atoms with Crippen LogP contribution in [-0.4, -0.2) is 31.3 Å². The van der Waals surface area contributed by atoms with Gasteiger partial charge in [0.25, 0.3) is 0 Å². The van der Waals surface area contributed by atoms with Crippen LogP contribution in [0.5, 0.6) is 11.5 Å². The minimum atomic E-state index is -0.209. The average Bonchev–Trinajstić information content (AvgIpc) is 3.61. The Bertz CT molecular complexity index is 1100. The summed E-state index contributed by atoms with van der Waals surface area (Å²) in [5.41, 5.74) is 1.11. The van der Waals surface area contributed by atoms with Crippen molar-refractivity contribution >= 4 is 23.3 Å². The van der Waals surface area contributed by atoms with Crippen molar-refractivity contribution in [3.05, 3.63) is 66.2 Å². The van der Waals surface area contributed by atoms with Crippen LogP contribution in [0.4, 0.5) is 5.69 Å². The quantitative estimate of drug-likeness (QED) is 0.399. The highest BCUT2D eigenvalue weighted by molar-refractivity contribution is 6.22. The first-order chi connectivity index (χ1) is 15.6. The van der Waals surface area contributed by atoms with Gasteiger partial charge in [-0.3, -0.25) is 19.3 Å². The minimum Gasteiger partial charge on any atom is -0.497 e. The number of Topliss-reactive ketones (excluding diaryl/α,β-unsaturated/α-hetero) is 1. The lowest BCUT2D eigenvalue weighted by Gasteiger charge is -2.37. The summed E-state index contributed by atoms with van der Waals surface area (Å²) in [7, 11) is 1.57. The molecule has 32 heavy (non-hydrogen) atoms. The van der Waals surface area contributed by atoms with Gasteiger partial charge in [-0.05, 0) is 78.6 Å². The predicted molar refractivity (Wildman–Crippen MR) is 116 cm³/mol. The van der Waals surface area contributed by atoms with E-state index in [1.807, 2.05) is 0 Å². The molecule has 0 spiro atoms. The van der Waals surface area contributed by atoms with Crippen molar-refractivity contribution < 1.29 is 23.9 Å². The molecule has 0 N–H and O–H groups in total. The zero-order valence-corrected chi connectivity index (χ0v) is 17.6. The number of carbonyl (C=O) groups excluding carboxylic acids is 3. The van der Waals surface area contributed by atoms with Crippen LogP contribution in [0.2, 0.25) is 0 Å². The van der Waals surface area contributed by atoms with Crippen LogP contribution in [-0.2, 0) is 9.59 Å². The highest BCUT2D eigenvalue weighted by Crippen LogP contribution is 2.65. The lowest BCUT2D eigenvalue weighted by Crippen LogP contribution is -2.40. The molecule has 2 saturated carbocycles. The van der Waals surface area contributed by atoms with Gasteiger partial charge in [0.2, 0.25) is 11.8 Å². The van der Waals surface area contributed by atoms with Gasteiger partial charge in [0.1, 0.15) is 11.5 Å². The van der Waals surface area contributed by atoms with E-state index in [9.17, 15) is 14.4 Å². The molecule has 2 aromatic rings. The highest BCUT2D eigenvalue weighted by Gasteiger charge is 2.67. The van der Waals surface area contributed by atoms with Crippen LogP contribution >= 0.6 is 0 Å². The summed E-state index contributed by atoms with van der Waals surface area (Å²) in [5, 5.41) is 0. The van der Waals surface area contributed by atoms with E-state index in [0.29, 0.717) is 34.6 Å². The molecule has 0 unspecified atom stereocenters. The monoisotopic (exact) mass is 429 g/mol. The number of ether oxygens (including phenoxy) is 2. The first-order valence-electron chi connectivity index (χ1n) is 11.0. The summed E-state index contributed by atoms with van der Waals surface area (Å²) in [6.45, 7) is -0.102. The molecule has 162 valence electrons. The Morgan fingerprint density at radius 3 is 2.00 bits per heavy atom. The third-order valence-electron chi connectivity index (χ3n) is 7.54. The van der Waals surface area contributed by atoms with Crippen LogP contribution in [0.1, 0.15) is 16.8 Å². The molecule has 1 heterocycles. The van der Waals surface area contributed by atoms with Crippen molar-refractivity contribution in [3.63, 3.8) is 0 Å². The van der Waals surface area contributed by atoms with E-state index < -0.39 is 0 Å². The number of anilines is 1. The molecule has 1 saturated heterocycles. The number of hydrogen-bond donors (Lipinski definition) is 0. The van der Waals surface area contributed by atoms with Gasteiger partial charge in [-0.25, -0.2) is 0 Å². The second-order valence-corrected chi connectivity index (χ2v) is 9.10. The second kappa shape index (κ2) is 7.05. The van der Waals surface area contributed by atoms with Crippen molar-refractivity contribution in [2.45, 2.75) is 6.42 Å². The maximum Gasteiger partial charge on any atom is 0.238 e. The molecular weight excluding hydrogens is 406 g/mol. The van der Waals surface area contributed by atoms with Crippen LogP contribution in [0.25, 0.3) is 0 Å². The Kier molecular flexibility index (Phi) is 4.25. The fourth-order valence-electron chi connectivity index (χ4n) is 5.91. The molecule has 7 rings (SSSR count). The van der Waals surface area contributed by atoms with Gasteiger partial charge in [-0.15, -0.1) is 0 Å². The maximum atomic E-state index is 13.2. The number of hydrogen-bond acceptors (Lipinski definition) is 5. The summed E-state index contributed by atoms with van der Waals surface area (Å²) in [4.78, 5) is 40.1. The minimum absolute atomic E-state index is 0.0759. The van der Waals surface area contributed by atoms with E-state index in [-0.39, 0.29) is 47.9 Å². The molecule has 5 aliphatic rings. The third-order valence-corrected chi connectivity index (χ3v) is 7.54. The summed E-state index contributed by atoms with van der Waals surface area (Å²) in [6, 6.07) is 13.7. The van der Waals surface area contributed by atoms with Crippen LogP contribution in [0, 0.1) is 35.5 Å². The van der Waals surface area contributed by atoms with Gasteiger partial charge in [0, 0.05) is 5.56 Å². The molecule has 2 amide bonds. The van der Waals surface area contributed by atoms with Crippen molar-refractivity contribution in [1.82, 2.24) is 0 Å². The van der Waals surface area contributed by atoms with E-state index in [4.69, 9.17) is 9.47 Å². The molecular formula is C26H23NO5. The number of imide groups is 1. The van der Waals surface area contributed by atoms with Crippen LogP contribution in [0.3, 0.4) is 0 Å². The summed E-state index contributed by atoms with van der Waals surface area (Å²) in [6.07, 6.45) is 5.49. The molecule has 6 heteroatoms. The fraction of sp³-hybridized carbons (Fsp3) is 0.346. The molecule has 0 aromatic heterocycles. The average molecular weight is 429 g/mol. The van der Waals surface area contributed by atoms with Crippen LogP contribution in [0.15, 0.2) is 60.7 Å². The zero-order chi connectivity index (χ0) is 22.0. The standard InChI is InChI=1S/C26H23NO5/c1-31-16-6-2-14(3-7-16)22(28)13-32-17-8-4-15(5-9-17)27-25(29)23-18-10-11-19(21-12-20(18)21)24(23)26(27)30/h2-11,18-21,23-24H,12-13H2,1H3/t18-,19-,20-,21+,23-,24+/m0/s1. The van der Waals surface area contributed by atoms with Crippen molar-refractivity contribution in [3.8, 4) is 11.5 Å². The summed E-state index contributed by atoms with van der Waals surface area (Å²) in [5.74, 6) is 2.07. The molecule has 6 nitrogen and oxygen atoms in total. The predicted octanol–water partition coefficient (Wildman–Crippen LogP) is 3.51. The number of carbonyl (C=O) groups is 3. The lowest BCUT2D eigenvalue weighted by atomic mass is 9.63. The van der Waals surface area contributed by atoms with Gasteiger partial charge in [-0.1, -0.05) is 12.2 Å². The first-order valence-corrected chi connectivity index (χ1v) is 11.0. The molecule has 3 fully saturated rings. The second-order valence-electron chi connectivity index (χ2n) is 9.10. The van der Waals surface area contributed by atoms with Crippen molar-refractivity contribution in [2.24, 2.45) is 35.5 Å². The Morgan fingerprint density at radius 2 is 1.44 bits per heavy atom. The summed E-state index contributed by atoms with van der Waals surface area (Å²) >= 11 is 0. The lowest BCUT2D eigenvalue weighted by molar-refractivity contribution is -0.124. The van der Waals surface area contributed by atoms with E-state index in [1.54, 1.807) is 55.6 Å². The number of rotatable bonds is 6. The Hall–Kier alpha value is -3.41. The molecule has 2 bridgehead atoms. The van der Waals surface area contributed by atoms with Gasteiger partial charge >= 0.3 is 0 Å². The first kappa shape index (κ1) is 19.3. The Morgan fingerprint density at radius 1 is 0.875 bits per heavy atom. The topological polar surface area (TPSA) is 72.9 Å². The van der Waals surface area contributed by atoms with Gasteiger partial charge < -0.3 is 9.47 Å². The summed E-state index contributed by atoms with van der Waals surface area (Å²) < 4.78 is 10.7. The van der Waals surface area contributed by atoms with Crippen molar-refractivity contribution in [2.75, 3.05) is 18.6 Å². The van der Waals surface area contributed by atoms with Crippen LogP contribution < -0.4 is 14.4 Å². The highest BCUT2D eigenvalue weighted by atomic mass is 16.5. The largest absolute Gasteiger partial charge is 0.497 e. The van der Waals surface area contributed by atoms with Gasteiger partial charge in [-0.2, -0.15) is 0 Å². The van der Waals surface area contributed by atoms with Crippen molar-refractivity contribution in [1.29, 1.82) is 0 Å². The third kappa shape index (κ3) is 2.82. The number of amides is 2. The van der Waals surface area contributed by atoms with E-state index in [0.717, 1.165) is 6.42 Å². The van der Waals surface area contributed by atoms with E-state index >= 15 is 0 Å². The number of nitrogens with zero attached hydrogens (tertiary/aromatic N) is 1. The Balaban J connectivity index is 1.14. The molecule has 2 aromatic carbocycles. The zero-order valence-electron chi connectivity index (χ0n) is 17.6. The molecule has 6 atom stereocenters. The Labute approximate surface area is 185 Å². The molecule has 4 aliphatic carbocycles. The SMILES string of the molecule is COc1ccc(C(=O)COc2ccc(N3C(=O)[C@@H]4[C@H]5C=C[C@@H]([C@@H]6C[C@H]56)[C@@H]4C3=O)cc2)cc1. The number of allylic oxidation sites excluding steroid dienone is 2. The number of methoxy groups -OCH3 is 1. The van der Waals surface area contributed by atoms with Gasteiger partial charge in [0.15, 0.2) is 12.4 Å². The van der Waals surface area contributed by atoms with E-state index in [2.05, 4.69) is 12.2 Å². The molecule has 1 aliphatic heterocycles. The number of benzene rings is 2.